The Morgan fingerprint density at radius 1 is 1.14 bits per heavy atom. The summed E-state index contributed by atoms with van der Waals surface area (Å²) in [5.74, 6) is 0.862. The van der Waals surface area contributed by atoms with Gasteiger partial charge in [-0.3, -0.25) is 4.79 Å². The van der Waals surface area contributed by atoms with Crippen LogP contribution in [0, 0.1) is 0 Å². The largest absolute Gasteiger partial charge is 0.489 e. The van der Waals surface area contributed by atoms with Crippen molar-refractivity contribution in [3.05, 3.63) is 71.8 Å². The zero-order chi connectivity index (χ0) is 20.6. The summed E-state index contributed by atoms with van der Waals surface area (Å²) in [4.78, 5) is 17.0. The van der Waals surface area contributed by atoms with E-state index in [1.807, 2.05) is 72.6 Å². The molecule has 1 heterocycles. The first-order chi connectivity index (χ1) is 14.0. The molecule has 0 saturated carbocycles. The second-order valence-corrected chi connectivity index (χ2v) is 7.99. The van der Waals surface area contributed by atoms with Crippen LogP contribution in [0.3, 0.4) is 0 Å². The molecule has 2 aromatic carbocycles. The van der Waals surface area contributed by atoms with E-state index in [2.05, 4.69) is 18.7 Å². The van der Waals surface area contributed by atoms with Crippen LogP contribution in [0.1, 0.15) is 37.8 Å². The minimum Gasteiger partial charge on any atom is -0.489 e. The minimum atomic E-state index is 0.0589. The summed E-state index contributed by atoms with van der Waals surface area (Å²) in [6, 6.07) is 18.8. The van der Waals surface area contributed by atoms with Crippen molar-refractivity contribution < 1.29 is 9.53 Å². The molecule has 4 heteroatoms. The topological polar surface area (TPSA) is 32.8 Å². The van der Waals surface area contributed by atoms with Crippen molar-refractivity contribution in [2.24, 2.45) is 0 Å². The van der Waals surface area contributed by atoms with Crippen LogP contribution in [-0.4, -0.2) is 47.9 Å². The van der Waals surface area contributed by atoms with Gasteiger partial charge in [-0.25, -0.2) is 0 Å². The molecule has 3 rings (SSSR count). The molecule has 29 heavy (non-hydrogen) atoms. The maximum absolute atomic E-state index is 12.6. The molecule has 4 nitrogen and oxygen atoms in total. The van der Waals surface area contributed by atoms with Gasteiger partial charge in [0.1, 0.15) is 12.4 Å². The molecule has 0 aliphatic carbocycles. The molecule has 0 aromatic heterocycles. The van der Waals surface area contributed by atoms with Gasteiger partial charge in [-0.15, -0.1) is 0 Å². The van der Waals surface area contributed by atoms with E-state index < -0.39 is 0 Å². The first-order valence-electron chi connectivity index (χ1n) is 10.5. The van der Waals surface area contributed by atoms with Gasteiger partial charge in [0, 0.05) is 38.3 Å². The molecule has 0 N–H and O–H groups in total. The smallest absolute Gasteiger partial charge is 0.246 e. The van der Waals surface area contributed by atoms with Gasteiger partial charge in [0.2, 0.25) is 5.91 Å². The van der Waals surface area contributed by atoms with E-state index in [0.29, 0.717) is 18.7 Å². The van der Waals surface area contributed by atoms with E-state index in [9.17, 15) is 4.79 Å². The zero-order valence-electron chi connectivity index (χ0n) is 17.8. The average molecular weight is 393 g/mol. The summed E-state index contributed by atoms with van der Waals surface area (Å²) in [7, 11) is 1.92. The number of likely N-dealkylation sites (N-methyl/N-ethyl adjacent to an activating group) is 1. The Morgan fingerprint density at radius 2 is 1.86 bits per heavy atom. The molecule has 1 saturated heterocycles. The van der Waals surface area contributed by atoms with Crippen LogP contribution in [0.15, 0.2) is 60.7 Å². The van der Waals surface area contributed by atoms with Gasteiger partial charge in [0.25, 0.3) is 0 Å². The molecule has 154 valence electrons. The first-order valence-corrected chi connectivity index (χ1v) is 10.5. The summed E-state index contributed by atoms with van der Waals surface area (Å²) >= 11 is 0. The zero-order valence-corrected chi connectivity index (χ0v) is 17.8. The molecule has 1 aliphatic heterocycles. The molecule has 2 aromatic rings. The van der Waals surface area contributed by atoms with Gasteiger partial charge < -0.3 is 14.5 Å². The Balaban J connectivity index is 1.53. The van der Waals surface area contributed by atoms with E-state index >= 15 is 0 Å². The summed E-state index contributed by atoms with van der Waals surface area (Å²) < 4.78 is 5.88. The van der Waals surface area contributed by atoms with Gasteiger partial charge in [0.05, 0.1) is 0 Å². The van der Waals surface area contributed by atoms with Crippen molar-refractivity contribution in [1.29, 1.82) is 0 Å². The minimum absolute atomic E-state index is 0.0589. The highest BCUT2D eigenvalue weighted by molar-refractivity contribution is 5.91. The van der Waals surface area contributed by atoms with Gasteiger partial charge in [-0.05, 0) is 56.0 Å². The normalized spacial score (nSPS) is 15.7. The SMILES string of the molecule is CC(C)N1CCC(N(C)C(=O)/C=C/c2cccc(OCc3ccccc3)c2)CC1. The second-order valence-electron chi connectivity index (χ2n) is 7.99. The van der Waals surface area contributed by atoms with Crippen LogP contribution in [0.4, 0.5) is 0 Å². The van der Waals surface area contributed by atoms with Gasteiger partial charge in [0.15, 0.2) is 0 Å². The Hall–Kier alpha value is -2.59. The number of carbonyl (C=O) groups is 1. The molecular formula is C25H32N2O2. The van der Waals surface area contributed by atoms with E-state index in [4.69, 9.17) is 4.74 Å². The highest BCUT2D eigenvalue weighted by atomic mass is 16.5. The molecule has 0 bridgehead atoms. The molecule has 0 atom stereocenters. The third kappa shape index (κ3) is 6.20. The Morgan fingerprint density at radius 3 is 2.55 bits per heavy atom. The van der Waals surface area contributed by atoms with Crippen LogP contribution < -0.4 is 4.74 Å². The quantitative estimate of drug-likeness (QED) is 0.645. The summed E-state index contributed by atoms with van der Waals surface area (Å²) in [5.41, 5.74) is 2.10. The number of benzene rings is 2. The van der Waals surface area contributed by atoms with Crippen molar-refractivity contribution in [2.75, 3.05) is 20.1 Å². The number of hydrogen-bond donors (Lipinski definition) is 0. The molecule has 1 amide bonds. The van der Waals surface area contributed by atoms with Gasteiger partial charge in [-0.1, -0.05) is 42.5 Å². The fraction of sp³-hybridized carbons (Fsp3) is 0.400. The van der Waals surface area contributed by atoms with Gasteiger partial charge in [-0.2, -0.15) is 0 Å². The molecular weight excluding hydrogens is 360 g/mol. The van der Waals surface area contributed by atoms with Gasteiger partial charge >= 0.3 is 0 Å². The van der Waals surface area contributed by atoms with E-state index in [1.165, 1.54) is 0 Å². The number of nitrogens with zero attached hydrogens (tertiary/aromatic N) is 2. The van der Waals surface area contributed by atoms with Crippen molar-refractivity contribution in [1.82, 2.24) is 9.80 Å². The van der Waals surface area contributed by atoms with Crippen molar-refractivity contribution in [3.8, 4) is 5.75 Å². The Bertz CT molecular complexity index is 809. The van der Waals surface area contributed by atoms with Crippen molar-refractivity contribution in [2.45, 2.75) is 45.4 Å². The Labute approximate surface area is 174 Å². The summed E-state index contributed by atoms with van der Waals surface area (Å²) in [5, 5.41) is 0. The molecule has 0 radical (unpaired) electrons. The summed E-state index contributed by atoms with van der Waals surface area (Å²) in [6.45, 7) is 7.12. The van der Waals surface area contributed by atoms with E-state index in [0.717, 1.165) is 42.8 Å². The lowest BCUT2D eigenvalue weighted by atomic mass is 10.0. The number of amides is 1. The second kappa shape index (κ2) is 10.3. The maximum Gasteiger partial charge on any atom is 0.246 e. The van der Waals surface area contributed by atoms with Crippen LogP contribution >= 0.6 is 0 Å². The number of ether oxygens (including phenoxy) is 1. The standard InChI is InChI=1S/C25H32N2O2/c1-20(2)27-16-14-23(15-17-27)26(3)25(28)13-12-21-10-7-11-24(18-21)29-19-22-8-5-4-6-9-22/h4-13,18,20,23H,14-17,19H2,1-3H3/b13-12+. The lowest BCUT2D eigenvalue weighted by Crippen LogP contribution is -2.47. The first kappa shape index (κ1) is 21.1. The lowest BCUT2D eigenvalue weighted by molar-refractivity contribution is -0.127. The number of hydrogen-bond acceptors (Lipinski definition) is 3. The monoisotopic (exact) mass is 392 g/mol. The fourth-order valence-electron chi connectivity index (χ4n) is 3.70. The summed E-state index contributed by atoms with van der Waals surface area (Å²) in [6.07, 6.45) is 5.62. The third-order valence-corrected chi connectivity index (χ3v) is 5.65. The fourth-order valence-corrected chi connectivity index (χ4v) is 3.70. The number of piperidine rings is 1. The molecule has 0 spiro atoms. The number of likely N-dealkylation sites (tertiary alicyclic amines) is 1. The predicted octanol–water partition coefficient (Wildman–Crippen LogP) is 4.61. The van der Waals surface area contributed by atoms with Crippen molar-refractivity contribution >= 4 is 12.0 Å². The highest BCUT2D eigenvalue weighted by Gasteiger charge is 2.25. The average Bonchev–Trinajstić information content (AvgIpc) is 2.76. The van der Waals surface area contributed by atoms with Crippen molar-refractivity contribution in [3.63, 3.8) is 0 Å². The van der Waals surface area contributed by atoms with Crippen LogP contribution in [-0.2, 0) is 11.4 Å². The number of rotatable bonds is 7. The maximum atomic E-state index is 12.6. The van der Waals surface area contributed by atoms with Crippen LogP contribution in [0.5, 0.6) is 5.75 Å². The molecule has 0 unspecified atom stereocenters. The Kier molecular flexibility index (Phi) is 7.48. The lowest BCUT2D eigenvalue weighted by Gasteiger charge is -2.38. The van der Waals surface area contributed by atoms with Crippen LogP contribution in [0.2, 0.25) is 0 Å². The molecule has 1 fully saturated rings. The van der Waals surface area contributed by atoms with E-state index in [1.54, 1.807) is 6.08 Å². The third-order valence-electron chi connectivity index (χ3n) is 5.65. The highest BCUT2D eigenvalue weighted by Crippen LogP contribution is 2.19. The van der Waals surface area contributed by atoms with E-state index in [-0.39, 0.29) is 5.91 Å². The molecule has 1 aliphatic rings. The number of carbonyl (C=O) groups excluding carboxylic acids is 1. The predicted molar refractivity (Wildman–Crippen MR) is 119 cm³/mol. The van der Waals surface area contributed by atoms with Crippen LogP contribution in [0.25, 0.3) is 6.08 Å².